The number of hydrogen-bond acceptors (Lipinski definition) is 2. The Morgan fingerprint density at radius 2 is 2.29 bits per heavy atom. The van der Waals surface area contributed by atoms with E-state index in [1.165, 1.54) is 5.56 Å². The molecule has 21 heavy (non-hydrogen) atoms. The third-order valence-electron chi connectivity index (χ3n) is 4.88. The normalized spacial score (nSPS) is 25.3. The number of aromatic nitrogens is 1. The molecule has 0 radical (unpaired) electrons. The summed E-state index contributed by atoms with van der Waals surface area (Å²) in [5, 5.41) is 0. The van der Waals surface area contributed by atoms with E-state index in [0.29, 0.717) is 0 Å². The van der Waals surface area contributed by atoms with Gasteiger partial charge in [0.25, 0.3) is 5.91 Å². The summed E-state index contributed by atoms with van der Waals surface area (Å²) in [5.41, 5.74) is 3.02. The lowest BCUT2D eigenvalue weighted by Crippen LogP contribution is -2.35. The monoisotopic (exact) mass is 284 g/mol. The van der Waals surface area contributed by atoms with Crippen LogP contribution in [0.4, 0.5) is 0 Å². The predicted molar refractivity (Wildman–Crippen MR) is 80.6 cm³/mol. The molecular formula is C17H20N2O2. The van der Waals surface area contributed by atoms with Gasteiger partial charge in [0.05, 0.1) is 17.7 Å². The van der Waals surface area contributed by atoms with Crippen LogP contribution in [0.15, 0.2) is 30.6 Å². The Kier molecular flexibility index (Phi) is 2.82. The van der Waals surface area contributed by atoms with Crippen LogP contribution in [-0.2, 0) is 4.74 Å². The van der Waals surface area contributed by atoms with Gasteiger partial charge in [-0.3, -0.25) is 4.79 Å². The Morgan fingerprint density at radius 1 is 1.38 bits per heavy atom. The van der Waals surface area contributed by atoms with Gasteiger partial charge in [0.1, 0.15) is 0 Å². The summed E-state index contributed by atoms with van der Waals surface area (Å²) >= 11 is 0. The van der Waals surface area contributed by atoms with Crippen LogP contribution in [0, 0.1) is 6.92 Å². The zero-order valence-electron chi connectivity index (χ0n) is 12.3. The van der Waals surface area contributed by atoms with Gasteiger partial charge in [0.2, 0.25) is 0 Å². The molecule has 0 saturated carbocycles. The number of fused-ring (bicyclic) bond motifs is 1. The van der Waals surface area contributed by atoms with Crippen LogP contribution < -0.4 is 0 Å². The van der Waals surface area contributed by atoms with Crippen molar-refractivity contribution < 1.29 is 9.53 Å². The maximum Gasteiger partial charge on any atom is 0.255 e. The SMILES string of the molecule is Cc1cccn2cc(C(=O)N3CCC4(CCCO4)C3)cc12. The fraction of sp³-hybridized carbons (Fsp3) is 0.471. The number of amides is 1. The van der Waals surface area contributed by atoms with Gasteiger partial charge in [0, 0.05) is 31.1 Å². The van der Waals surface area contributed by atoms with Gasteiger partial charge < -0.3 is 14.0 Å². The fourth-order valence-corrected chi connectivity index (χ4v) is 3.68. The van der Waals surface area contributed by atoms with Crippen molar-refractivity contribution >= 4 is 11.4 Å². The highest BCUT2D eigenvalue weighted by atomic mass is 16.5. The number of carbonyl (C=O) groups is 1. The van der Waals surface area contributed by atoms with Crippen molar-refractivity contribution in [3.63, 3.8) is 0 Å². The fourth-order valence-electron chi connectivity index (χ4n) is 3.68. The average molecular weight is 284 g/mol. The van der Waals surface area contributed by atoms with Crippen LogP contribution in [0.1, 0.15) is 35.2 Å². The van der Waals surface area contributed by atoms with Gasteiger partial charge in [-0.15, -0.1) is 0 Å². The van der Waals surface area contributed by atoms with E-state index < -0.39 is 0 Å². The summed E-state index contributed by atoms with van der Waals surface area (Å²) in [6.07, 6.45) is 7.12. The van der Waals surface area contributed by atoms with E-state index in [4.69, 9.17) is 4.74 Å². The lowest BCUT2D eigenvalue weighted by Gasteiger charge is -2.22. The van der Waals surface area contributed by atoms with E-state index in [1.807, 2.05) is 33.8 Å². The van der Waals surface area contributed by atoms with Crippen LogP contribution in [0.5, 0.6) is 0 Å². The van der Waals surface area contributed by atoms with Crippen molar-refractivity contribution in [2.45, 2.75) is 31.8 Å². The molecule has 0 N–H and O–H groups in total. The standard InChI is InChI=1S/C17H20N2O2/c1-13-4-2-7-18-11-14(10-15(13)18)16(20)19-8-6-17(12-19)5-3-9-21-17/h2,4,7,10-11H,3,5-6,8-9,12H2,1H3. The summed E-state index contributed by atoms with van der Waals surface area (Å²) in [5.74, 6) is 0.130. The predicted octanol–water partition coefficient (Wildman–Crippen LogP) is 2.64. The highest BCUT2D eigenvalue weighted by molar-refractivity contribution is 5.96. The van der Waals surface area contributed by atoms with Gasteiger partial charge >= 0.3 is 0 Å². The van der Waals surface area contributed by atoms with Crippen LogP contribution in [-0.4, -0.2) is 40.5 Å². The summed E-state index contributed by atoms with van der Waals surface area (Å²) in [7, 11) is 0. The molecule has 2 saturated heterocycles. The minimum atomic E-state index is -0.0509. The number of pyridine rings is 1. The number of ether oxygens (including phenoxy) is 1. The molecule has 2 aliphatic heterocycles. The Bertz CT molecular complexity index is 698. The second-order valence-electron chi connectivity index (χ2n) is 6.32. The highest BCUT2D eigenvalue weighted by Gasteiger charge is 2.43. The first kappa shape index (κ1) is 12.9. The van der Waals surface area contributed by atoms with Crippen LogP contribution in [0.25, 0.3) is 5.52 Å². The summed E-state index contributed by atoms with van der Waals surface area (Å²) in [4.78, 5) is 14.7. The molecule has 1 amide bonds. The van der Waals surface area contributed by atoms with Gasteiger partial charge in [-0.05, 0) is 43.9 Å². The van der Waals surface area contributed by atoms with Crippen molar-refractivity contribution in [1.82, 2.24) is 9.30 Å². The quantitative estimate of drug-likeness (QED) is 0.806. The number of carbonyl (C=O) groups excluding carboxylic acids is 1. The van der Waals surface area contributed by atoms with Gasteiger partial charge in [-0.1, -0.05) is 6.07 Å². The smallest absolute Gasteiger partial charge is 0.255 e. The van der Waals surface area contributed by atoms with Crippen molar-refractivity contribution in [1.29, 1.82) is 0 Å². The van der Waals surface area contributed by atoms with E-state index in [-0.39, 0.29) is 11.5 Å². The molecule has 2 aliphatic rings. The first-order valence-electron chi connectivity index (χ1n) is 7.68. The van der Waals surface area contributed by atoms with E-state index in [1.54, 1.807) is 0 Å². The number of likely N-dealkylation sites (tertiary alicyclic amines) is 1. The van der Waals surface area contributed by atoms with E-state index in [0.717, 1.165) is 50.0 Å². The van der Waals surface area contributed by atoms with Crippen LogP contribution in [0.2, 0.25) is 0 Å². The van der Waals surface area contributed by atoms with E-state index in [9.17, 15) is 4.79 Å². The Hall–Kier alpha value is -1.81. The largest absolute Gasteiger partial charge is 0.373 e. The molecule has 1 atom stereocenters. The van der Waals surface area contributed by atoms with Crippen molar-refractivity contribution in [2.75, 3.05) is 19.7 Å². The molecule has 0 aromatic carbocycles. The molecule has 1 spiro atoms. The summed E-state index contributed by atoms with van der Waals surface area (Å²) < 4.78 is 7.92. The van der Waals surface area contributed by atoms with Gasteiger partial charge in [0.15, 0.2) is 0 Å². The molecule has 4 heteroatoms. The van der Waals surface area contributed by atoms with Crippen molar-refractivity contribution in [3.8, 4) is 0 Å². The average Bonchev–Trinajstić information content (AvgIpc) is 3.20. The zero-order chi connectivity index (χ0) is 14.4. The van der Waals surface area contributed by atoms with E-state index in [2.05, 4.69) is 13.0 Å². The second kappa shape index (κ2) is 4.60. The molecule has 1 unspecified atom stereocenters. The number of nitrogens with zero attached hydrogens (tertiary/aromatic N) is 2. The molecule has 2 aromatic heterocycles. The highest BCUT2D eigenvalue weighted by Crippen LogP contribution is 2.35. The molecule has 4 heterocycles. The third kappa shape index (κ3) is 2.05. The van der Waals surface area contributed by atoms with Crippen molar-refractivity contribution in [2.24, 2.45) is 0 Å². The van der Waals surface area contributed by atoms with Gasteiger partial charge in [-0.2, -0.15) is 0 Å². The molecule has 4 nitrogen and oxygen atoms in total. The number of rotatable bonds is 1. The molecule has 4 rings (SSSR count). The van der Waals surface area contributed by atoms with E-state index >= 15 is 0 Å². The second-order valence-corrected chi connectivity index (χ2v) is 6.32. The Morgan fingerprint density at radius 3 is 3.05 bits per heavy atom. The zero-order valence-corrected chi connectivity index (χ0v) is 12.3. The third-order valence-corrected chi connectivity index (χ3v) is 4.88. The summed E-state index contributed by atoms with van der Waals surface area (Å²) in [6.45, 7) is 4.47. The summed E-state index contributed by atoms with van der Waals surface area (Å²) in [6, 6.07) is 6.08. The topological polar surface area (TPSA) is 34.0 Å². The Labute approximate surface area is 124 Å². The minimum absolute atomic E-state index is 0.0509. The Balaban J connectivity index is 1.60. The minimum Gasteiger partial charge on any atom is -0.373 e. The lowest BCUT2D eigenvalue weighted by molar-refractivity contribution is 0.0127. The van der Waals surface area contributed by atoms with Crippen LogP contribution >= 0.6 is 0 Å². The first-order valence-corrected chi connectivity index (χ1v) is 7.68. The maximum atomic E-state index is 12.7. The molecule has 110 valence electrons. The molecule has 2 aromatic rings. The lowest BCUT2D eigenvalue weighted by atomic mass is 10.00. The molecule has 0 bridgehead atoms. The maximum absolute atomic E-state index is 12.7. The number of aryl methyl sites for hydroxylation is 1. The number of hydrogen-bond donors (Lipinski definition) is 0. The molecule has 2 fully saturated rings. The van der Waals surface area contributed by atoms with Gasteiger partial charge in [-0.25, -0.2) is 0 Å². The van der Waals surface area contributed by atoms with Crippen LogP contribution in [0.3, 0.4) is 0 Å². The molecule has 0 aliphatic carbocycles. The molecular weight excluding hydrogens is 264 g/mol. The van der Waals surface area contributed by atoms with Crippen molar-refractivity contribution in [3.05, 3.63) is 41.7 Å². The first-order chi connectivity index (χ1) is 10.2.